The maximum absolute atomic E-state index is 12.1. The number of benzene rings is 1. The first-order valence-corrected chi connectivity index (χ1v) is 7.20. The van der Waals surface area contributed by atoms with Crippen LogP contribution in [-0.2, 0) is 4.79 Å². The van der Waals surface area contributed by atoms with Gasteiger partial charge < -0.3 is 10.4 Å². The van der Waals surface area contributed by atoms with Crippen molar-refractivity contribution in [1.82, 2.24) is 5.32 Å². The Hall–Kier alpha value is -1.06. The number of carbonyl (C=O) groups is 1. The van der Waals surface area contributed by atoms with E-state index in [0.29, 0.717) is 12.3 Å². The number of aliphatic hydroxyl groups is 1. The minimum atomic E-state index is 0.0777. The van der Waals surface area contributed by atoms with Gasteiger partial charge in [0.15, 0.2) is 0 Å². The Morgan fingerprint density at radius 2 is 2.16 bits per heavy atom. The summed E-state index contributed by atoms with van der Waals surface area (Å²) in [6.45, 7) is 2.13. The summed E-state index contributed by atoms with van der Waals surface area (Å²) in [5.74, 6) is 0.512. The fraction of sp³-hybridized carbons (Fsp3) is 0.533. The van der Waals surface area contributed by atoms with Gasteiger partial charge in [-0.05, 0) is 42.9 Å². The third kappa shape index (κ3) is 3.71. The zero-order chi connectivity index (χ0) is 13.8. The zero-order valence-corrected chi connectivity index (χ0v) is 11.9. The molecule has 4 heteroatoms. The summed E-state index contributed by atoms with van der Waals surface area (Å²) in [7, 11) is 0. The zero-order valence-electron chi connectivity index (χ0n) is 11.1. The van der Waals surface area contributed by atoms with Crippen molar-refractivity contribution in [1.29, 1.82) is 0 Å². The van der Waals surface area contributed by atoms with Gasteiger partial charge in [0.1, 0.15) is 0 Å². The lowest BCUT2D eigenvalue weighted by Gasteiger charge is -2.15. The Labute approximate surface area is 119 Å². The molecule has 0 spiro atoms. The molecule has 0 aliphatic heterocycles. The Kier molecular flexibility index (Phi) is 4.83. The second kappa shape index (κ2) is 6.40. The van der Waals surface area contributed by atoms with Gasteiger partial charge in [-0.2, -0.15) is 0 Å². The molecular formula is C15H20ClNO2. The number of aliphatic hydroxyl groups excluding tert-OH is 1. The Bertz CT molecular complexity index is 432. The second-order valence-corrected chi connectivity index (χ2v) is 5.56. The molecule has 1 aliphatic carbocycles. The van der Waals surface area contributed by atoms with Gasteiger partial charge in [0.05, 0.1) is 0 Å². The molecule has 3 nitrogen and oxygen atoms in total. The van der Waals surface area contributed by atoms with E-state index in [-0.39, 0.29) is 24.5 Å². The first-order chi connectivity index (χ1) is 9.15. The number of carbonyl (C=O) groups excluding carboxylic acids is 1. The number of amides is 1. The minimum absolute atomic E-state index is 0.0777. The van der Waals surface area contributed by atoms with Gasteiger partial charge in [0, 0.05) is 23.6 Å². The van der Waals surface area contributed by atoms with Gasteiger partial charge in [0.2, 0.25) is 5.91 Å². The highest BCUT2D eigenvalue weighted by atomic mass is 35.5. The standard InChI is InChI=1S/C15H20ClNO2/c1-2-12(7-8-18)17-15(19)14-9-13(14)10-3-5-11(16)6-4-10/h3-6,12-14,18H,2,7-9H2,1H3,(H,17,19). The predicted octanol–water partition coefficient (Wildman–Crippen LogP) is 2.72. The van der Waals surface area contributed by atoms with Crippen LogP contribution in [0.2, 0.25) is 5.02 Å². The summed E-state index contributed by atoms with van der Waals surface area (Å²) in [5.41, 5.74) is 1.18. The van der Waals surface area contributed by atoms with Crippen LogP contribution in [0.3, 0.4) is 0 Å². The topological polar surface area (TPSA) is 49.3 Å². The SMILES string of the molecule is CCC(CCO)NC(=O)C1CC1c1ccc(Cl)cc1. The smallest absolute Gasteiger partial charge is 0.223 e. The van der Waals surface area contributed by atoms with Crippen LogP contribution in [0.5, 0.6) is 0 Å². The molecule has 2 N–H and O–H groups in total. The van der Waals surface area contributed by atoms with E-state index in [0.717, 1.165) is 17.9 Å². The lowest BCUT2D eigenvalue weighted by molar-refractivity contribution is -0.123. The molecule has 3 unspecified atom stereocenters. The average Bonchev–Trinajstić information content (AvgIpc) is 3.19. The van der Waals surface area contributed by atoms with Crippen LogP contribution in [0.25, 0.3) is 0 Å². The van der Waals surface area contributed by atoms with Crippen LogP contribution in [-0.4, -0.2) is 23.7 Å². The average molecular weight is 282 g/mol. The van der Waals surface area contributed by atoms with Crippen molar-refractivity contribution in [2.45, 2.75) is 38.1 Å². The molecule has 0 radical (unpaired) electrons. The number of hydrogen-bond acceptors (Lipinski definition) is 2. The molecule has 104 valence electrons. The van der Waals surface area contributed by atoms with E-state index in [1.165, 1.54) is 5.56 Å². The molecule has 1 amide bonds. The third-order valence-electron chi connectivity index (χ3n) is 3.74. The number of rotatable bonds is 6. The van der Waals surface area contributed by atoms with E-state index in [4.69, 9.17) is 16.7 Å². The Morgan fingerprint density at radius 3 is 2.74 bits per heavy atom. The minimum Gasteiger partial charge on any atom is -0.396 e. The molecule has 0 aromatic heterocycles. The highest BCUT2D eigenvalue weighted by Crippen LogP contribution is 2.47. The highest BCUT2D eigenvalue weighted by molar-refractivity contribution is 6.30. The maximum Gasteiger partial charge on any atom is 0.223 e. The summed E-state index contributed by atoms with van der Waals surface area (Å²) in [5, 5.41) is 12.7. The summed E-state index contributed by atoms with van der Waals surface area (Å²) in [6, 6.07) is 7.80. The van der Waals surface area contributed by atoms with Crippen molar-refractivity contribution in [2.75, 3.05) is 6.61 Å². The number of hydrogen-bond donors (Lipinski definition) is 2. The van der Waals surface area contributed by atoms with E-state index in [1.54, 1.807) is 0 Å². The van der Waals surface area contributed by atoms with Crippen LogP contribution < -0.4 is 5.32 Å². The van der Waals surface area contributed by atoms with Gasteiger partial charge in [-0.25, -0.2) is 0 Å². The Morgan fingerprint density at radius 1 is 1.47 bits per heavy atom. The predicted molar refractivity (Wildman–Crippen MR) is 76.2 cm³/mol. The lowest BCUT2D eigenvalue weighted by atomic mass is 10.1. The largest absolute Gasteiger partial charge is 0.396 e. The summed E-state index contributed by atoms with van der Waals surface area (Å²) >= 11 is 5.86. The molecule has 1 aromatic carbocycles. The van der Waals surface area contributed by atoms with E-state index < -0.39 is 0 Å². The molecule has 0 heterocycles. The molecule has 3 atom stereocenters. The van der Waals surface area contributed by atoms with Crippen molar-refractivity contribution < 1.29 is 9.90 Å². The molecule has 0 saturated heterocycles. The molecule has 1 fully saturated rings. The molecule has 0 bridgehead atoms. The van der Waals surface area contributed by atoms with Crippen LogP contribution in [0.15, 0.2) is 24.3 Å². The number of halogens is 1. The lowest BCUT2D eigenvalue weighted by Crippen LogP contribution is -2.36. The maximum atomic E-state index is 12.1. The van der Waals surface area contributed by atoms with Crippen molar-refractivity contribution >= 4 is 17.5 Å². The number of nitrogens with one attached hydrogen (secondary N) is 1. The molecular weight excluding hydrogens is 262 g/mol. The molecule has 1 saturated carbocycles. The van der Waals surface area contributed by atoms with Gasteiger partial charge >= 0.3 is 0 Å². The fourth-order valence-corrected chi connectivity index (χ4v) is 2.53. The van der Waals surface area contributed by atoms with Crippen LogP contribution in [0.4, 0.5) is 0 Å². The van der Waals surface area contributed by atoms with Crippen molar-refractivity contribution in [3.8, 4) is 0 Å². The van der Waals surface area contributed by atoms with Crippen molar-refractivity contribution in [3.63, 3.8) is 0 Å². The van der Waals surface area contributed by atoms with Crippen LogP contribution in [0.1, 0.15) is 37.7 Å². The Balaban J connectivity index is 1.88. The van der Waals surface area contributed by atoms with Crippen molar-refractivity contribution in [3.05, 3.63) is 34.9 Å². The normalized spacial score (nSPS) is 22.9. The van der Waals surface area contributed by atoms with Crippen molar-refractivity contribution in [2.24, 2.45) is 5.92 Å². The van der Waals surface area contributed by atoms with E-state index in [9.17, 15) is 4.79 Å². The van der Waals surface area contributed by atoms with Gasteiger partial charge in [-0.1, -0.05) is 30.7 Å². The van der Waals surface area contributed by atoms with E-state index >= 15 is 0 Å². The van der Waals surface area contributed by atoms with Crippen LogP contribution in [0, 0.1) is 5.92 Å². The summed E-state index contributed by atoms with van der Waals surface area (Å²) in [6.07, 6.45) is 2.38. The molecule has 1 aromatic rings. The monoisotopic (exact) mass is 281 g/mol. The van der Waals surface area contributed by atoms with Gasteiger partial charge in [-0.3, -0.25) is 4.79 Å². The highest BCUT2D eigenvalue weighted by Gasteiger charge is 2.44. The molecule has 1 aliphatic rings. The quantitative estimate of drug-likeness (QED) is 0.842. The van der Waals surface area contributed by atoms with E-state index in [1.807, 2.05) is 31.2 Å². The third-order valence-corrected chi connectivity index (χ3v) is 3.99. The first kappa shape index (κ1) is 14.4. The summed E-state index contributed by atoms with van der Waals surface area (Å²) < 4.78 is 0. The first-order valence-electron chi connectivity index (χ1n) is 6.82. The van der Waals surface area contributed by atoms with Crippen LogP contribution >= 0.6 is 11.6 Å². The van der Waals surface area contributed by atoms with Gasteiger partial charge in [0.25, 0.3) is 0 Å². The molecule has 19 heavy (non-hydrogen) atoms. The fourth-order valence-electron chi connectivity index (χ4n) is 2.41. The second-order valence-electron chi connectivity index (χ2n) is 5.13. The molecule has 2 rings (SSSR count). The van der Waals surface area contributed by atoms with E-state index in [2.05, 4.69) is 5.32 Å². The van der Waals surface area contributed by atoms with Gasteiger partial charge in [-0.15, -0.1) is 0 Å². The summed E-state index contributed by atoms with van der Waals surface area (Å²) in [4.78, 5) is 12.1.